The zero-order chi connectivity index (χ0) is 19.9. The first-order chi connectivity index (χ1) is 13.6. The number of hydrogen-bond acceptors (Lipinski definition) is 6. The summed E-state index contributed by atoms with van der Waals surface area (Å²) in [6.45, 7) is 1.99. The molecule has 0 unspecified atom stereocenters. The number of methoxy groups -OCH3 is 2. The molecule has 0 aliphatic carbocycles. The average molecular weight is 415 g/mol. The number of aryl methyl sites for hydroxylation is 1. The highest BCUT2D eigenvalue weighted by molar-refractivity contribution is 7.97. The Kier molecular flexibility index (Phi) is 6.95. The smallest absolute Gasteiger partial charge is 0.257 e. The largest absolute Gasteiger partial charge is 0.497 e. The maximum atomic E-state index is 12.3. The normalized spacial score (nSPS) is 10.5. The Morgan fingerprint density at radius 3 is 2.39 bits per heavy atom. The number of hydrogen-bond donors (Lipinski definition) is 1. The number of nitrogens with zero attached hydrogens (tertiary/aromatic N) is 1. The first-order valence-electron chi connectivity index (χ1n) is 8.69. The number of thioether (sulfide) groups is 1. The second-order valence-electron chi connectivity index (χ2n) is 6.18. The Labute approximate surface area is 173 Å². The summed E-state index contributed by atoms with van der Waals surface area (Å²) in [6.07, 6.45) is 0. The average Bonchev–Trinajstić information content (AvgIpc) is 3.15. The van der Waals surface area contributed by atoms with Gasteiger partial charge < -0.3 is 9.47 Å². The number of carbonyl (C=O) groups is 1. The summed E-state index contributed by atoms with van der Waals surface area (Å²) in [5.41, 5.74) is 3.83. The Bertz CT molecular complexity index is 917. The molecule has 3 aromatic rings. The van der Waals surface area contributed by atoms with Crippen molar-refractivity contribution in [3.05, 3.63) is 70.2 Å². The second kappa shape index (κ2) is 9.61. The third-order valence-corrected chi connectivity index (χ3v) is 5.86. The van der Waals surface area contributed by atoms with E-state index in [2.05, 4.69) is 10.3 Å². The van der Waals surface area contributed by atoms with Crippen molar-refractivity contribution in [2.45, 2.75) is 18.4 Å². The van der Waals surface area contributed by atoms with Gasteiger partial charge in [0.05, 0.1) is 19.9 Å². The summed E-state index contributed by atoms with van der Waals surface area (Å²) in [7, 11) is 3.29. The van der Waals surface area contributed by atoms with E-state index >= 15 is 0 Å². The Morgan fingerprint density at radius 1 is 1.07 bits per heavy atom. The molecule has 0 atom stereocenters. The monoisotopic (exact) mass is 414 g/mol. The summed E-state index contributed by atoms with van der Waals surface area (Å²) < 4.78 is 10.6. The van der Waals surface area contributed by atoms with E-state index in [1.165, 1.54) is 11.3 Å². The van der Waals surface area contributed by atoms with Gasteiger partial charge in [0, 0.05) is 28.5 Å². The molecule has 146 valence electrons. The number of ether oxygens (including phenoxy) is 2. The van der Waals surface area contributed by atoms with Crippen LogP contribution in [0.4, 0.5) is 5.13 Å². The van der Waals surface area contributed by atoms with Gasteiger partial charge in [-0.1, -0.05) is 17.7 Å². The molecule has 0 saturated heterocycles. The fourth-order valence-electron chi connectivity index (χ4n) is 2.53. The summed E-state index contributed by atoms with van der Waals surface area (Å²) in [6, 6.07) is 13.3. The van der Waals surface area contributed by atoms with Crippen molar-refractivity contribution in [1.82, 2.24) is 4.98 Å². The van der Waals surface area contributed by atoms with E-state index in [1.54, 1.807) is 26.0 Å². The van der Waals surface area contributed by atoms with Crippen molar-refractivity contribution in [2.75, 3.05) is 19.5 Å². The molecule has 3 rings (SSSR count). The third kappa shape index (κ3) is 5.50. The van der Waals surface area contributed by atoms with Crippen LogP contribution in [0.5, 0.6) is 11.5 Å². The molecule has 0 radical (unpaired) electrons. The number of aromatic nitrogens is 1. The standard InChI is InChI=1S/C21H22N2O3S2/c1-14-4-6-16(7-5-14)20(24)23-21-22-17(13-28-21)12-27-11-15-8-18(25-2)10-19(9-15)26-3/h4-10,13H,11-12H2,1-3H3,(H,22,23,24). The van der Waals surface area contributed by atoms with Crippen LogP contribution in [0.3, 0.4) is 0 Å². The topological polar surface area (TPSA) is 60.5 Å². The highest BCUT2D eigenvalue weighted by atomic mass is 32.2. The van der Waals surface area contributed by atoms with E-state index in [0.29, 0.717) is 10.7 Å². The van der Waals surface area contributed by atoms with Gasteiger partial charge in [-0.05, 0) is 36.8 Å². The lowest BCUT2D eigenvalue weighted by Crippen LogP contribution is -2.11. The Hall–Kier alpha value is -2.51. The van der Waals surface area contributed by atoms with Crippen molar-refractivity contribution in [1.29, 1.82) is 0 Å². The van der Waals surface area contributed by atoms with E-state index in [9.17, 15) is 4.79 Å². The minimum absolute atomic E-state index is 0.142. The van der Waals surface area contributed by atoms with Crippen molar-refractivity contribution >= 4 is 34.1 Å². The maximum absolute atomic E-state index is 12.3. The van der Waals surface area contributed by atoms with Gasteiger partial charge in [0.25, 0.3) is 5.91 Å². The zero-order valence-corrected chi connectivity index (χ0v) is 17.7. The molecule has 1 N–H and O–H groups in total. The molecule has 28 heavy (non-hydrogen) atoms. The number of nitrogens with one attached hydrogen (secondary N) is 1. The number of thiazole rings is 1. The molecule has 1 heterocycles. The van der Waals surface area contributed by atoms with E-state index < -0.39 is 0 Å². The van der Waals surface area contributed by atoms with E-state index in [1.807, 2.05) is 54.8 Å². The molecule has 0 aliphatic rings. The van der Waals surface area contributed by atoms with E-state index in [4.69, 9.17) is 9.47 Å². The van der Waals surface area contributed by atoms with Crippen LogP contribution < -0.4 is 14.8 Å². The van der Waals surface area contributed by atoms with Crippen molar-refractivity contribution in [3.63, 3.8) is 0 Å². The van der Waals surface area contributed by atoms with E-state index in [0.717, 1.165) is 39.8 Å². The molecule has 0 spiro atoms. The summed E-state index contributed by atoms with van der Waals surface area (Å²) >= 11 is 3.19. The molecule has 2 aromatic carbocycles. The highest BCUT2D eigenvalue weighted by Gasteiger charge is 2.09. The number of rotatable bonds is 8. The van der Waals surface area contributed by atoms with Crippen LogP contribution in [0.15, 0.2) is 47.8 Å². The van der Waals surface area contributed by atoms with Crippen LogP contribution in [0.1, 0.15) is 27.2 Å². The zero-order valence-electron chi connectivity index (χ0n) is 16.0. The number of carbonyl (C=O) groups excluding carboxylic acids is 1. The number of amides is 1. The fraction of sp³-hybridized carbons (Fsp3) is 0.238. The van der Waals surface area contributed by atoms with Crippen LogP contribution in [-0.4, -0.2) is 25.1 Å². The molecule has 0 aliphatic heterocycles. The minimum Gasteiger partial charge on any atom is -0.497 e. The Morgan fingerprint density at radius 2 is 1.75 bits per heavy atom. The number of anilines is 1. The van der Waals surface area contributed by atoms with Gasteiger partial charge in [0.2, 0.25) is 0 Å². The summed E-state index contributed by atoms with van der Waals surface area (Å²) in [4.78, 5) is 16.8. The quantitative estimate of drug-likeness (QED) is 0.552. The maximum Gasteiger partial charge on any atom is 0.257 e. The van der Waals surface area contributed by atoms with Crippen molar-refractivity contribution < 1.29 is 14.3 Å². The minimum atomic E-state index is -0.142. The lowest BCUT2D eigenvalue weighted by molar-refractivity contribution is 0.102. The van der Waals surface area contributed by atoms with Crippen LogP contribution >= 0.6 is 23.1 Å². The van der Waals surface area contributed by atoms with Gasteiger partial charge >= 0.3 is 0 Å². The predicted octanol–water partition coefficient (Wildman–Crippen LogP) is 5.15. The molecule has 1 amide bonds. The molecule has 7 heteroatoms. The van der Waals surface area contributed by atoms with Crippen molar-refractivity contribution in [2.24, 2.45) is 0 Å². The lowest BCUT2D eigenvalue weighted by atomic mass is 10.1. The molecule has 0 saturated carbocycles. The predicted molar refractivity (Wildman–Crippen MR) is 116 cm³/mol. The summed E-state index contributed by atoms with van der Waals surface area (Å²) in [5.74, 6) is 3.00. The highest BCUT2D eigenvalue weighted by Crippen LogP contribution is 2.27. The van der Waals surface area contributed by atoms with Gasteiger partial charge in [-0.25, -0.2) is 4.98 Å². The molecule has 0 fully saturated rings. The van der Waals surface area contributed by atoms with Gasteiger partial charge in [-0.2, -0.15) is 11.8 Å². The third-order valence-electron chi connectivity index (χ3n) is 4.02. The Balaban J connectivity index is 1.53. The second-order valence-corrected chi connectivity index (χ2v) is 8.02. The van der Waals surface area contributed by atoms with E-state index in [-0.39, 0.29) is 5.91 Å². The molecule has 1 aromatic heterocycles. The lowest BCUT2D eigenvalue weighted by Gasteiger charge is -2.08. The number of benzene rings is 2. The van der Waals surface area contributed by atoms with Crippen LogP contribution in [0.2, 0.25) is 0 Å². The first-order valence-corrected chi connectivity index (χ1v) is 10.7. The summed E-state index contributed by atoms with van der Waals surface area (Å²) in [5, 5.41) is 5.45. The van der Waals surface area contributed by atoms with Crippen LogP contribution in [0.25, 0.3) is 0 Å². The molecular weight excluding hydrogens is 392 g/mol. The van der Waals surface area contributed by atoms with Crippen LogP contribution in [0, 0.1) is 6.92 Å². The van der Waals surface area contributed by atoms with Gasteiger partial charge in [-0.15, -0.1) is 11.3 Å². The molecule has 5 nitrogen and oxygen atoms in total. The van der Waals surface area contributed by atoms with Crippen LogP contribution in [-0.2, 0) is 11.5 Å². The van der Waals surface area contributed by atoms with Gasteiger partial charge in [-0.3, -0.25) is 10.1 Å². The van der Waals surface area contributed by atoms with Gasteiger partial charge in [0.15, 0.2) is 5.13 Å². The molecule has 0 bridgehead atoms. The SMILES string of the molecule is COc1cc(CSCc2csc(NC(=O)c3ccc(C)cc3)n2)cc(OC)c1. The van der Waals surface area contributed by atoms with Gasteiger partial charge in [0.1, 0.15) is 11.5 Å². The first kappa shape index (κ1) is 20.2. The molecular formula is C21H22N2O3S2. The fourth-order valence-corrected chi connectivity index (χ4v) is 4.20. The van der Waals surface area contributed by atoms with Crippen molar-refractivity contribution in [3.8, 4) is 11.5 Å².